The second-order valence-electron chi connectivity index (χ2n) is 4.79. The van der Waals surface area contributed by atoms with Crippen molar-refractivity contribution in [2.75, 3.05) is 0 Å². The van der Waals surface area contributed by atoms with E-state index in [0.29, 0.717) is 0 Å². The van der Waals surface area contributed by atoms with E-state index >= 15 is 0 Å². The summed E-state index contributed by atoms with van der Waals surface area (Å²) in [6.45, 7) is 8.14. The number of benzene rings is 1. The predicted octanol–water partition coefficient (Wildman–Crippen LogP) is 3.84. The summed E-state index contributed by atoms with van der Waals surface area (Å²) in [5.41, 5.74) is 2.01. The van der Waals surface area contributed by atoms with Crippen molar-refractivity contribution in [3.63, 3.8) is 0 Å². The highest BCUT2D eigenvalue weighted by molar-refractivity contribution is 9.10. The Kier molecular flexibility index (Phi) is 3.38. The van der Waals surface area contributed by atoms with Crippen molar-refractivity contribution < 1.29 is 5.11 Å². The molecule has 1 N–H and O–H groups in total. The van der Waals surface area contributed by atoms with Crippen molar-refractivity contribution in [2.45, 2.75) is 33.8 Å². The molecular formula is C12H17BrO. The Labute approximate surface area is 94.3 Å². The molecule has 0 bridgehead atoms. The first-order chi connectivity index (χ1) is 6.32. The minimum absolute atomic E-state index is 0.129. The van der Waals surface area contributed by atoms with Gasteiger partial charge in [0.15, 0.2) is 0 Å². The van der Waals surface area contributed by atoms with Gasteiger partial charge < -0.3 is 5.11 Å². The van der Waals surface area contributed by atoms with Crippen molar-refractivity contribution >= 4 is 15.9 Å². The quantitative estimate of drug-likeness (QED) is 0.810. The topological polar surface area (TPSA) is 20.2 Å². The van der Waals surface area contributed by atoms with Gasteiger partial charge in [-0.05, 0) is 24.0 Å². The lowest BCUT2D eigenvalue weighted by molar-refractivity contribution is 0.0620. The van der Waals surface area contributed by atoms with E-state index in [9.17, 15) is 5.11 Å². The van der Waals surface area contributed by atoms with Gasteiger partial charge in [-0.15, -0.1) is 0 Å². The lowest BCUT2D eigenvalue weighted by atomic mass is 9.84. The normalized spacial score (nSPS) is 14.1. The molecule has 0 aliphatic heterocycles. The highest BCUT2D eigenvalue weighted by Crippen LogP contribution is 2.36. The maximum atomic E-state index is 10.1. The molecule has 0 aromatic heterocycles. The molecule has 1 rings (SSSR count). The molecule has 0 fully saturated rings. The second-order valence-corrected chi connectivity index (χ2v) is 5.65. The molecule has 0 amide bonds. The summed E-state index contributed by atoms with van der Waals surface area (Å²) in [6.07, 6.45) is -0.434. The summed E-state index contributed by atoms with van der Waals surface area (Å²) in [4.78, 5) is 0. The Morgan fingerprint density at radius 1 is 1.29 bits per heavy atom. The molecule has 2 heteroatoms. The van der Waals surface area contributed by atoms with E-state index in [1.54, 1.807) is 0 Å². The van der Waals surface area contributed by atoms with E-state index in [2.05, 4.69) is 15.9 Å². The molecule has 1 atom stereocenters. The molecule has 1 nitrogen and oxygen atoms in total. The molecule has 0 radical (unpaired) electrons. The fraction of sp³-hybridized carbons (Fsp3) is 0.500. The van der Waals surface area contributed by atoms with Crippen LogP contribution >= 0.6 is 15.9 Å². The molecular weight excluding hydrogens is 240 g/mol. The molecule has 0 spiro atoms. The number of aliphatic hydroxyl groups excluding tert-OH is 1. The van der Waals surface area contributed by atoms with Gasteiger partial charge in [0.25, 0.3) is 0 Å². The molecule has 0 saturated carbocycles. The van der Waals surface area contributed by atoms with E-state index in [1.807, 2.05) is 45.9 Å². The van der Waals surface area contributed by atoms with E-state index < -0.39 is 6.10 Å². The van der Waals surface area contributed by atoms with E-state index in [0.717, 1.165) is 10.0 Å². The van der Waals surface area contributed by atoms with Gasteiger partial charge in [-0.25, -0.2) is 0 Å². The second kappa shape index (κ2) is 4.03. The van der Waals surface area contributed by atoms with E-state index in [-0.39, 0.29) is 5.41 Å². The molecule has 0 heterocycles. The number of aryl methyl sites for hydroxylation is 1. The smallest absolute Gasteiger partial charge is 0.0849 e. The van der Waals surface area contributed by atoms with Crippen molar-refractivity contribution in [3.05, 3.63) is 33.8 Å². The van der Waals surface area contributed by atoms with Gasteiger partial charge in [-0.3, -0.25) is 0 Å². The van der Waals surface area contributed by atoms with E-state index in [4.69, 9.17) is 0 Å². The van der Waals surface area contributed by atoms with Crippen molar-refractivity contribution in [3.8, 4) is 0 Å². The van der Waals surface area contributed by atoms with Crippen molar-refractivity contribution in [2.24, 2.45) is 5.41 Å². The van der Waals surface area contributed by atoms with Crippen LogP contribution in [0.25, 0.3) is 0 Å². The highest BCUT2D eigenvalue weighted by atomic mass is 79.9. The highest BCUT2D eigenvalue weighted by Gasteiger charge is 2.25. The number of hydrogen-bond donors (Lipinski definition) is 1. The summed E-state index contributed by atoms with van der Waals surface area (Å²) < 4.78 is 0.977. The summed E-state index contributed by atoms with van der Waals surface area (Å²) in [5.74, 6) is 0. The van der Waals surface area contributed by atoms with Crippen molar-refractivity contribution in [1.29, 1.82) is 0 Å². The zero-order valence-corrected chi connectivity index (χ0v) is 10.7. The Bertz CT molecular complexity index is 326. The minimum Gasteiger partial charge on any atom is -0.388 e. The maximum absolute atomic E-state index is 10.1. The maximum Gasteiger partial charge on any atom is 0.0849 e. The van der Waals surface area contributed by atoms with Gasteiger partial charge >= 0.3 is 0 Å². The van der Waals surface area contributed by atoms with Crippen LogP contribution in [0.2, 0.25) is 0 Å². The molecule has 78 valence electrons. The SMILES string of the molecule is Cc1ccc(Br)c(C(O)C(C)(C)C)c1. The van der Waals surface area contributed by atoms with Crippen LogP contribution in [-0.4, -0.2) is 5.11 Å². The lowest BCUT2D eigenvalue weighted by Gasteiger charge is -2.27. The van der Waals surface area contributed by atoms with Gasteiger partial charge in [-0.2, -0.15) is 0 Å². The van der Waals surface area contributed by atoms with Gasteiger partial charge in [0.05, 0.1) is 6.10 Å². The Morgan fingerprint density at radius 2 is 1.86 bits per heavy atom. The van der Waals surface area contributed by atoms with Crippen LogP contribution in [0.5, 0.6) is 0 Å². The van der Waals surface area contributed by atoms with E-state index in [1.165, 1.54) is 5.56 Å². The summed E-state index contributed by atoms with van der Waals surface area (Å²) in [6, 6.07) is 6.04. The van der Waals surface area contributed by atoms with Crippen LogP contribution in [0, 0.1) is 12.3 Å². The molecule has 1 aromatic rings. The first-order valence-electron chi connectivity index (χ1n) is 4.76. The molecule has 14 heavy (non-hydrogen) atoms. The fourth-order valence-electron chi connectivity index (χ4n) is 1.34. The third-order valence-corrected chi connectivity index (χ3v) is 2.99. The Balaban J connectivity index is 3.12. The van der Waals surface area contributed by atoms with Crippen LogP contribution in [0.3, 0.4) is 0 Å². The van der Waals surface area contributed by atoms with Crippen LogP contribution in [0.4, 0.5) is 0 Å². The Morgan fingerprint density at radius 3 is 2.36 bits per heavy atom. The van der Waals surface area contributed by atoms with Gasteiger partial charge in [-0.1, -0.05) is 54.4 Å². The monoisotopic (exact) mass is 256 g/mol. The van der Waals surface area contributed by atoms with Crippen LogP contribution < -0.4 is 0 Å². The molecule has 1 unspecified atom stereocenters. The summed E-state index contributed by atoms with van der Waals surface area (Å²) >= 11 is 3.46. The number of halogens is 1. The van der Waals surface area contributed by atoms with Crippen molar-refractivity contribution in [1.82, 2.24) is 0 Å². The largest absolute Gasteiger partial charge is 0.388 e. The number of aliphatic hydroxyl groups is 1. The molecule has 0 saturated heterocycles. The fourth-order valence-corrected chi connectivity index (χ4v) is 1.80. The summed E-state index contributed by atoms with van der Waals surface area (Å²) in [7, 11) is 0. The first kappa shape index (κ1) is 11.7. The van der Waals surface area contributed by atoms with Gasteiger partial charge in [0.2, 0.25) is 0 Å². The third kappa shape index (κ3) is 2.58. The first-order valence-corrected chi connectivity index (χ1v) is 5.56. The Hall–Kier alpha value is -0.340. The third-order valence-electron chi connectivity index (χ3n) is 2.27. The van der Waals surface area contributed by atoms with Crippen LogP contribution in [-0.2, 0) is 0 Å². The number of hydrogen-bond acceptors (Lipinski definition) is 1. The number of rotatable bonds is 1. The average Bonchev–Trinajstić information content (AvgIpc) is 2.06. The van der Waals surface area contributed by atoms with Gasteiger partial charge in [0, 0.05) is 4.47 Å². The van der Waals surface area contributed by atoms with Crippen LogP contribution in [0.15, 0.2) is 22.7 Å². The minimum atomic E-state index is -0.434. The molecule has 0 aliphatic rings. The molecule has 0 aliphatic carbocycles. The summed E-state index contributed by atoms with van der Waals surface area (Å²) in [5, 5.41) is 10.1. The zero-order valence-electron chi connectivity index (χ0n) is 9.13. The molecule has 1 aromatic carbocycles. The lowest BCUT2D eigenvalue weighted by Crippen LogP contribution is -2.18. The van der Waals surface area contributed by atoms with Gasteiger partial charge in [0.1, 0.15) is 0 Å². The predicted molar refractivity (Wildman–Crippen MR) is 63.3 cm³/mol. The van der Waals surface area contributed by atoms with Crippen LogP contribution in [0.1, 0.15) is 38.0 Å². The zero-order chi connectivity index (χ0) is 10.9. The average molecular weight is 257 g/mol. The standard InChI is InChI=1S/C12H17BrO/c1-8-5-6-10(13)9(7-8)11(14)12(2,3)4/h5-7,11,14H,1-4H3.